The summed E-state index contributed by atoms with van der Waals surface area (Å²) in [7, 11) is 0. The van der Waals surface area contributed by atoms with Gasteiger partial charge in [0.15, 0.2) is 0 Å². The lowest BCUT2D eigenvalue weighted by Gasteiger charge is -2.01. The SMILES string of the molecule is O=C(N/N=C\c1ccc(O)cc1O)c1cccc(I)c1. The van der Waals surface area contributed by atoms with Crippen LogP contribution >= 0.6 is 22.6 Å². The summed E-state index contributed by atoms with van der Waals surface area (Å²) in [6, 6.07) is 11.2. The van der Waals surface area contributed by atoms with Gasteiger partial charge in [0.25, 0.3) is 5.91 Å². The average Bonchev–Trinajstić information content (AvgIpc) is 2.41. The van der Waals surface area contributed by atoms with Crippen LogP contribution in [0.3, 0.4) is 0 Å². The van der Waals surface area contributed by atoms with Crippen molar-refractivity contribution >= 4 is 34.7 Å². The predicted octanol–water partition coefficient (Wildman–Crippen LogP) is 2.47. The molecule has 0 spiro atoms. The van der Waals surface area contributed by atoms with Gasteiger partial charge in [0, 0.05) is 20.8 Å². The molecule has 0 saturated carbocycles. The van der Waals surface area contributed by atoms with Crippen LogP contribution in [0.15, 0.2) is 47.6 Å². The third kappa shape index (κ3) is 3.70. The number of carbonyl (C=O) groups is 1. The van der Waals surface area contributed by atoms with Crippen molar-refractivity contribution in [2.75, 3.05) is 0 Å². The van der Waals surface area contributed by atoms with Crippen LogP contribution in [0.1, 0.15) is 15.9 Å². The maximum atomic E-state index is 11.8. The highest BCUT2D eigenvalue weighted by atomic mass is 127. The molecule has 0 unspecified atom stereocenters. The number of nitrogens with zero attached hydrogens (tertiary/aromatic N) is 1. The molecule has 0 bridgehead atoms. The van der Waals surface area contributed by atoms with Crippen LogP contribution < -0.4 is 5.43 Å². The van der Waals surface area contributed by atoms with Gasteiger partial charge in [-0.1, -0.05) is 6.07 Å². The number of hydrogen-bond acceptors (Lipinski definition) is 4. The normalized spacial score (nSPS) is 10.7. The van der Waals surface area contributed by atoms with E-state index >= 15 is 0 Å². The Labute approximate surface area is 129 Å². The van der Waals surface area contributed by atoms with Gasteiger partial charge >= 0.3 is 0 Å². The molecule has 2 aromatic carbocycles. The molecule has 0 aliphatic carbocycles. The van der Waals surface area contributed by atoms with E-state index in [2.05, 4.69) is 33.1 Å². The van der Waals surface area contributed by atoms with Gasteiger partial charge in [-0.25, -0.2) is 5.43 Å². The van der Waals surface area contributed by atoms with Gasteiger partial charge in [0.2, 0.25) is 0 Å². The maximum absolute atomic E-state index is 11.8. The average molecular weight is 382 g/mol. The number of amides is 1. The summed E-state index contributed by atoms with van der Waals surface area (Å²) in [5.74, 6) is -0.488. The van der Waals surface area contributed by atoms with E-state index < -0.39 is 0 Å². The number of phenols is 2. The molecule has 0 heterocycles. The number of carbonyl (C=O) groups excluding carboxylic acids is 1. The molecule has 3 N–H and O–H groups in total. The summed E-state index contributed by atoms with van der Waals surface area (Å²) in [5, 5.41) is 22.5. The molecular weight excluding hydrogens is 371 g/mol. The Bertz CT molecular complexity index is 671. The van der Waals surface area contributed by atoms with Crippen molar-refractivity contribution < 1.29 is 15.0 Å². The van der Waals surface area contributed by atoms with Crippen LogP contribution in [0, 0.1) is 3.57 Å². The Kier molecular flexibility index (Phi) is 4.57. The van der Waals surface area contributed by atoms with E-state index in [0.29, 0.717) is 11.1 Å². The fourth-order valence-corrected chi connectivity index (χ4v) is 2.04. The lowest BCUT2D eigenvalue weighted by molar-refractivity contribution is 0.0955. The summed E-state index contributed by atoms with van der Waals surface area (Å²) in [4.78, 5) is 11.8. The number of aromatic hydroxyl groups is 2. The monoisotopic (exact) mass is 382 g/mol. The first kappa shape index (κ1) is 14.3. The fourth-order valence-electron chi connectivity index (χ4n) is 1.50. The second-order valence-electron chi connectivity index (χ2n) is 3.95. The number of halogens is 1. The predicted molar refractivity (Wildman–Crippen MR) is 84.0 cm³/mol. The van der Waals surface area contributed by atoms with Crippen molar-refractivity contribution in [2.45, 2.75) is 0 Å². The van der Waals surface area contributed by atoms with Gasteiger partial charge in [0.05, 0.1) is 6.21 Å². The molecule has 0 fully saturated rings. The van der Waals surface area contributed by atoms with Gasteiger partial charge in [0.1, 0.15) is 11.5 Å². The van der Waals surface area contributed by atoms with E-state index in [0.717, 1.165) is 3.57 Å². The minimum absolute atomic E-state index is 0.0393. The van der Waals surface area contributed by atoms with Gasteiger partial charge < -0.3 is 10.2 Å². The molecular formula is C14H11IN2O3. The van der Waals surface area contributed by atoms with E-state index in [-0.39, 0.29) is 17.4 Å². The van der Waals surface area contributed by atoms with Crippen molar-refractivity contribution in [1.29, 1.82) is 0 Å². The number of rotatable bonds is 3. The molecule has 0 atom stereocenters. The van der Waals surface area contributed by atoms with Gasteiger partial charge in [-0.15, -0.1) is 0 Å². The van der Waals surface area contributed by atoms with Gasteiger partial charge in [-0.05, 0) is 52.9 Å². The molecule has 2 aromatic rings. The first-order chi connectivity index (χ1) is 9.56. The highest BCUT2D eigenvalue weighted by Crippen LogP contribution is 2.20. The van der Waals surface area contributed by atoms with Crippen molar-refractivity contribution in [1.82, 2.24) is 5.43 Å². The second-order valence-corrected chi connectivity index (χ2v) is 5.20. The Hall–Kier alpha value is -2.09. The van der Waals surface area contributed by atoms with E-state index in [1.165, 1.54) is 24.4 Å². The first-order valence-electron chi connectivity index (χ1n) is 5.67. The zero-order valence-corrected chi connectivity index (χ0v) is 12.4. The molecule has 0 saturated heterocycles. The van der Waals surface area contributed by atoms with Crippen LogP contribution in [0.2, 0.25) is 0 Å². The van der Waals surface area contributed by atoms with Gasteiger partial charge in [-0.2, -0.15) is 5.10 Å². The van der Waals surface area contributed by atoms with Crippen molar-refractivity contribution in [2.24, 2.45) is 5.10 Å². The number of benzene rings is 2. The molecule has 102 valence electrons. The molecule has 0 aliphatic heterocycles. The van der Waals surface area contributed by atoms with Crippen LogP contribution in [0.25, 0.3) is 0 Å². The van der Waals surface area contributed by atoms with E-state index in [4.69, 9.17) is 5.11 Å². The third-order valence-electron chi connectivity index (χ3n) is 2.47. The van der Waals surface area contributed by atoms with Crippen molar-refractivity contribution in [3.63, 3.8) is 0 Å². The molecule has 1 amide bonds. The van der Waals surface area contributed by atoms with E-state index in [1.54, 1.807) is 18.2 Å². The molecule has 0 radical (unpaired) electrons. The van der Waals surface area contributed by atoms with E-state index in [1.807, 2.05) is 6.07 Å². The summed E-state index contributed by atoms with van der Waals surface area (Å²) >= 11 is 2.12. The van der Waals surface area contributed by atoms with Crippen LogP contribution in [0.4, 0.5) is 0 Å². The standard InChI is InChI=1S/C14H11IN2O3/c15-11-3-1-2-9(6-11)14(20)17-16-8-10-4-5-12(18)7-13(10)19/h1-8,18-19H,(H,17,20)/b16-8-. The Morgan fingerprint density at radius 3 is 2.70 bits per heavy atom. The molecule has 20 heavy (non-hydrogen) atoms. The van der Waals surface area contributed by atoms with Crippen LogP contribution in [-0.4, -0.2) is 22.3 Å². The minimum Gasteiger partial charge on any atom is -0.508 e. The lowest BCUT2D eigenvalue weighted by Crippen LogP contribution is -2.17. The Morgan fingerprint density at radius 2 is 2.00 bits per heavy atom. The zero-order chi connectivity index (χ0) is 14.5. The number of phenolic OH excluding ortho intramolecular Hbond substituents is 2. The molecule has 2 rings (SSSR count). The van der Waals surface area contributed by atoms with Crippen molar-refractivity contribution in [3.05, 3.63) is 57.2 Å². The van der Waals surface area contributed by atoms with Crippen molar-refractivity contribution in [3.8, 4) is 11.5 Å². The number of hydrazone groups is 1. The highest BCUT2D eigenvalue weighted by molar-refractivity contribution is 14.1. The molecule has 6 heteroatoms. The summed E-state index contributed by atoms with van der Waals surface area (Å²) in [5.41, 5.74) is 3.27. The van der Waals surface area contributed by atoms with Crippen LogP contribution in [-0.2, 0) is 0 Å². The summed E-state index contributed by atoms with van der Waals surface area (Å²) < 4.78 is 0.954. The summed E-state index contributed by atoms with van der Waals surface area (Å²) in [6.45, 7) is 0. The Morgan fingerprint density at radius 1 is 1.20 bits per heavy atom. The number of nitrogens with one attached hydrogen (secondary N) is 1. The topological polar surface area (TPSA) is 81.9 Å². The van der Waals surface area contributed by atoms with E-state index in [9.17, 15) is 9.90 Å². The van der Waals surface area contributed by atoms with Crippen LogP contribution in [0.5, 0.6) is 11.5 Å². The fraction of sp³-hybridized carbons (Fsp3) is 0. The number of hydrogen-bond donors (Lipinski definition) is 3. The summed E-state index contributed by atoms with van der Waals surface area (Å²) in [6.07, 6.45) is 1.31. The molecule has 5 nitrogen and oxygen atoms in total. The maximum Gasteiger partial charge on any atom is 0.271 e. The quantitative estimate of drug-likeness (QED) is 0.434. The Balaban J connectivity index is 2.04. The van der Waals surface area contributed by atoms with Gasteiger partial charge in [-0.3, -0.25) is 4.79 Å². The first-order valence-corrected chi connectivity index (χ1v) is 6.75. The molecule has 0 aromatic heterocycles. The highest BCUT2D eigenvalue weighted by Gasteiger charge is 2.04. The zero-order valence-electron chi connectivity index (χ0n) is 10.2. The minimum atomic E-state index is -0.335. The molecule has 0 aliphatic rings. The lowest BCUT2D eigenvalue weighted by atomic mass is 10.2. The largest absolute Gasteiger partial charge is 0.508 e. The second kappa shape index (κ2) is 6.38. The smallest absolute Gasteiger partial charge is 0.271 e. The third-order valence-corrected chi connectivity index (χ3v) is 3.14.